The maximum atomic E-state index is 13.3. The maximum Gasteiger partial charge on any atom is 0.340 e. The van der Waals surface area contributed by atoms with E-state index in [4.69, 9.17) is 14.2 Å². The fourth-order valence-corrected chi connectivity index (χ4v) is 5.81. The van der Waals surface area contributed by atoms with Gasteiger partial charge in [-0.05, 0) is 24.4 Å². The van der Waals surface area contributed by atoms with Crippen molar-refractivity contribution in [1.29, 1.82) is 0 Å². The molecule has 33 heavy (non-hydrogen) atoms. The number of carbonyl (C=O) groups is 2. The summed E-state index contributed by atoms with van der Waals surface area (Å²) in [6, 6.07) is 11.9. The molecule has 1 aliphatic rings. The van der Waals surface area contributed by atoms with Gasteiger partial charge in [0.25, 0.3) is 10.0 Å². The van der Waals surface area contributed by atoms with E-state index in [1.165, 1.54) is 46.5 Å². The van der Waals surface area contributed by atoms with Gasteiger partial charge in [-0.25, -0.2) is 13.2 Å². The second-order valence-electron chi connectivity index (χ2n) is 7.34. The van der Waals surface area contributed by atoms with Crippen molar-refractivity contribution in [2.75, 3.05) is 31.0 Å². The Kier molecular flexibility index (Phi) is 5.62. The molecule has 0 radical (unpaired) electrons. The number of hydrogen-bond acceptors (Lipinski definition) is 7. The van der Waals surface area contributed by atoms with Crippen LogP contribution in [0.3, 0.4) is 0 Å². The van der Waals surface area contributed by atoms with Gasteiger partial charge in [-0.2, -0.15) is 0 Å². The molecule has 3 aromatic rings. The smallest absolute Gasteiger partial charge is 0.340 e. The summed E-state index contributed by atoms with van der Waals surface area (Å²) in [5.41, 5.74) is 0.556. The van der Waals surface area contributed by atoms with Crippen molar-refractivity contribution in [3.8, 4) is 11.5 Å². The third-order valence-electron chi connectivity index (χ3n) is 5.54. The van der Waals surface area contributed by atoms with Crippen LogP contribution in [-0.2, 0) is 19.6 Å². The minimum absolute atomic E-state index is 0.0327. The lowest BCUT2D eigenvalue weighted by Crippen LogP contribution is -2.44. The van der Waals surface area contributed by atoms with Crippen LogP contribution in [0.1, 0.15) is 17.3 Å². The molecule has 0 bridgehead atoms. The summed E-state index contributed by atoms with van der Waals surface area (Å²) >= 11 is 0. The fourth-order valence-electron chi connectivity index (χ4n) is 3.94. The molecule has 0 fully saturated rings. The first kappa shape index (κ1) is 22.4. The second-order valence-corrected chi connectivity index (χ2v) is 9.13. The lowest BCUT2D eigenvalue weighted by atomic mass is 10.1. The van der Waals surface area contributed by atoms with Crippen LogP contribution in [-0.4, -0.2) is 47.7 Å². The monoisotopic (exact) mass is 470 g/mol. The number of ether oxygens (including phenoxy) is 3. The van der Waals surface area contributed by atoms with Crippen LogP contribution in [0.15, 0.2) is 53.4 Å². The summed E-state index contributed by atoms with van der Waals surface area (Å²) in [6.07, 6.45) is 0. The number of sulfonamides is 1. The van der Waals surface area contributed by atoms with E-state index in [-0.39, 0.29) is 27.6 Å². The Balaban J connectivity index is 1.74. The summed E-state index contributed by atoms with van der Waals surface area (Å²) in [5.74, 6) is -0.794. The lowest BCUT2D eigenvalue weighted by Gasteiger charge is -2.26. The second kappa shape index (κ2) is 8.28. The molecule has 1 aliphatic heterocycles. The summed E-state index contributed by atoms with van der Waals surface area (Å²) in [4.78, 5) is 25.7. The summed E-state index contributed by atoms with van der Waals surface area (Å²) in [6.45, 7) is 1.48. The molecule has 1 amide bonds. The molecule has 172 valence electrons. The van der Waals surface area contributed by atoms with Crippen molar-refractivity contribution in [1.82, 2.24) is 0 Å². The quantitative estimate of drug-likeness (QED) is 0.551. The first-order valence-electron chi connectivity index (χ1n) is 9.96. The van der Waals surface area contributed by atoms with E-state index < -0.39 is 27.9 Å². The number of carbonyl (C=O) groups excluding carboxylic acids is 2. The van der Waals surface area contributed by atoms with E-state index in [1.54, 1.807) is 18.2 Å². The molecule has 0 spiro atoms. The van der Waals surface area contributed by atoms with Crippen LogP contribution in [0.25, 0.3) is 10.8 Å². The number of nitrogens with zero attached hydrogens (tertiary/aromatic N) is 1. The molecule has 0 unspecified atom stereocenters. The Morgan fingerprint density at radius 3 is 2.24 bits per heavy atom. The van der Waals surface area contributed by atoms with Crippen LogP contribution in [0.5, 0.6) is 11.5 Å². The number of amides is 1. The van der Waals surface area contributed by atoms with Crippen molar-refractivity contribution >= 4 is 44.0 Å². The van der Waals surface area contributed by atoms with Gasteiger partial charge >= 0.3 is 5.97 Å². The Morgan fingerprint density at radius 1 is 0.970 bits per heavy atom. The number of rotatable bonds is 6. The van der Waals surface area contributed by atoms with Gasteiger partial charge in [0, 0.05) is 17.5 Å². The number of nitrogens with one attached hydrogen (secondary N) is 1. The largest absolute Gasteiger partial charge is 0.493 e. The molecular formula is C23H22N2O7S. The molecular weight excluding hydrogens is 448 g/mol. The van der Waals surface area contributed by atoms with Gasteiger partial charge in [0.1, 0.15) is 6.04 Å². The van der Waals surface area contributed by atoms with Gasteiger partial charge in [-0.3, -0.25) is 9.10 Å². The predicted octanol–water partition coefficient (Wildman–Crippen LogP) is 3.18. The van der Waals surface area contributed by atoms with Gasteiger partial charge in [0.15, 0.2) is 11.5 Å². The van der Waals surface area contributed by atoms with Crippen molar-refractivity contribution in [3.05, 3.63) is 54.1 Å². The van der Waals surface area contributed by atoms with Crippen molar-refractivity contribution in [3.63, 3.8) is 0 Å². The third kappa shape index (κ3) is 3.52. The molecule has 1 N–H and O–H groups in total. The summed E-state index contributed by atoms with van der Waals surface area (Å²) in [5, 5.41) is 3.97. The van der Waals surface area contributed by atoms with Crippen LogP contribution < -0.4 is 19.1 Å². The molecule has 0 saturated heterocycles. The van der Waals surface area contributed by atoms with Gasteiger partial charge in [-0.1, -0.05) is 24.3 Å². The highest BCUT2D eigenvalue weighted by Crippen LogP contribution is 2.43. The third-order valence-corrected chi connectivity index (χ3v) is 7.46. The maximum absolute atomic E-state index is 13.3. The number of esters is 1. The molecule has 0 aromatic heterocycles. The molecule has 10 heteroatoms. The number of benzene rings is 3. The first-order valence-corrected chi connectivity index (χ1v) is 11.4. The normalized spacial score (nSPS) is 14.6. The Bertz CT molecular complexity index is 1380. The molecule has 3 aromatic carbocycles. The van der Waals surface area contributed by atoms with E-state index in [0.717, 1.165) is 9.69 Å². The zero-order valence-electron chi connectivity index (χ0n) is 18.4. The highest BCUT2D eigenvalue weighted by Gasteiger charge is 2.41. The highest BCUT2D eigenvalue weighted by atomic mass is 32.2. The van der Waals surface area contributed by atoms with Gasteiger partial charge in [0.05, 0.1) is 43.2 Å². The fraction of sp³-hybridized carbons (Fsp3) is 0.217. The van der Waals surface area contributed by atoms with Gasteiger partial charge in [0.2, 0.25) is 5.91 Å². The molecule has 0 aliphatic carbocycles. The summed E-state index contributed by atoms with van der Waals surface area (Å²) < 4.78 is 43.0. The van der Waals surface area contributed by atoms with E-state index in [1.807, 2.05) is 12.1 Å². The molecule has 9 nitrogen and oxygen atoms in total. The zero-order chi connectivity index (χ0) is 23.9. The average molecular weight is 471 g/mol. The van der Waals surface area contributed by atoms with Crippen LogP contribution in [0.4, 0.5) is 11.4 Å². The van der Waals surface area contributed by atoms with Crippen molar-refractivity contribution in [2.45, 2.75) is 17.9 Å². The summed E-state index contributed by atoms with van der Waals surface area (Å²) in [7, 11) is 0.0845. The van der Waals surface area contributed by atoms with E-state index >= 15 is 0 Å². The first-order chi connectivity index (χ1) is 15.7. The highest BCUT2D eigenvalue weighted by molar-refractivity contribution is 7.93. The average Bonchev–Trinajstić information content (AvgIpc) is 3.05. The van der Waals surface area contributed by atoms with Gasteiger partial charge in [-0.15, -0.1) is 0 Å². The lowest BCUT2D eigenvalue weighted by molar-refractivity contribution is -0.116. The van der Waals surface area contributed by atoms with E-state index in [0.29, 0.717) is 11.1 Å². The molecule has 1 heterocycles. The van der Waals surface area contributed by atoms with Crippen LogP contribution in [0.2, 0.25) is 0 Å². The number of hydrogen-bond donors (Lipinski definition) is 1. The Morgan fingerprint density at radius 2 is 1.61 bits per heavy atom. The van der Waals surface area contributed by atoms with Crippen molar-refractivity contribution < 1.29 is 32.2 Å². The standard InChI is InChI=1S/C23H22N2O7S/c1-13(25-17-9-5-7-14-8-6-10-20(21(14)17)33(25,28)29)22(26)24-16-12-19(31-3)18(30-2)11-15(16)23(27)32-4/h5-13H,1-4H3,(H,24,26)/t13-/m1/s1. The SMILES string of the molecule is COC(=O)c1cc(OC)c(OC)cc1NC(=O)[C@@H](C)N1c2cccc3cccc(c23)S1(=O)=O. The Hall–Kier alpha value is -3.79. The van der Waals surface area contributed by atoms with Crippen LogP contribution >= 0.6 is 0 Å². The van der Waals surface area contributed by atoms with Crippen LogP contribution in [0, 0.1) is 0 Å². The minimum atomic E-state index is -3.95. The Labute approximate surface area is 190 Å². The molecule has 0 saturated carbocycles. The molecule has 1 atom stereocenters. The number of anilines is 2. The van der Waals surface area contributed by atoms with E-state index in [9.17, 15) is 18.0 Å². The van der Waals surface area contributed by atoms with Crippen molar-refractivity contribution in [2.24, 2.45) is 0 Å². The zero-order valence-corrected chi connectivity index (χ0v) is 19.2. The number of methoxy groups -OCH3 is 3. The predicted molar refractivity (Wildman–Crippen MR) is 123 cm³/mol. The van der Waals surface area contributed by atoms with Gasteiger partial charge < -0.3 is 19.5 Å². The van der Waals surface area contributed by atoms with E-state index in [2.05, 4.69) is 5.32 Å². The topological polar surface area (TPSA) is 111 Å². The molecule has 4 rings (SSSR count). The minimum Gasteiger partial charge on any atom is -0.493 e.